The minimum atomic E-state index is -1.60. The van der Waals surface area contributed by atoms with Crippen molar-refractivity contribution in [2.45, 2.75) is 23.3 Å². The number of hydrogen-bond donors (Lipinski definition) is 1. The fraction of sp³-hybridized carbons (Fsp3) is 0.174. The van der Waals surface area contributed by atoms with Crippen LogP contribution in [0.15, 0.2) is 91.0 Å². The van der Waals surface area contributed by atoms with Crippen molar-refractivity contribution in [1.29, 1.82) is 0 Å². The van der Waals surface area contributed by atoms with E-state index in [0.717, 1.165) is 16.7 Å². The molecule has 0 heterocycles. The Hall–Kier alpha value is -2.72. The zero-order valence-corrected chi connectivity index (χ0v) is 15.7. The molecule has 3 aromatic rings. The van der Waals surface area contributed by atoms with E-state index in [9.17, 15) is 14.1 Å². The van der Waals surface area contributed by atoms with Gasteiger partial charge in [-0.3, -0.25) is 9.00 Å². The summed E-state index contributed by atoms with van der Waals surface area (Å²) in [5, 5.41) is 8.37. The highest BCUT2D eigenvalue weighted by Crippen LogP contribution is 2.31. The fourth-order valence-corrected chi connectivity index (χ4v) is 4.89. The Labute approximate surface area is 162 Å². The van der Waals surface area contributed by atoms with Gasteiger partial charge in [0.2, 0.25) is 0 Å². The average Bonchev–Trinajstić information content (AvgIpc) is 2.70. The van der Waals surface area contributed by atoms with Crippen LogP contribution in [0.3, 0.4) is 0 Å². The normalized spacial score (nSPS) is 13.2. The lowest BCUT2D eigenvalue weighted by atomic mass is 10.0. The second-order valence-corrected chi connectivity index (χ2v) is 8.08. The molecule has 0 saturated heterocycles. The molecular weight excluding hydrogens is 356 g/mol. The molecule has 0 aliphatic rings. The standard InChI is InChI=1S/C23H22O3S/c24-23(25)21(17-16-18-10-4-1-5-11-18)27(26)22(19-12-6-2-7-13-19)20-14-8-3-9-15-20/h1-15,21-22H,16-17H2,(H,24,25). The molecule has 138 valence electrons. The molecule has 3 rings (SSSR count). The molecular formula is C23H22O3S. The van der Waals surface area contributed by atoms with E-state index in [0.29, 0.717) is 12.8 Å². The number of carboxylic acids is 1. The predicted octanol–water partition coefficient (Wildman–Crippen LogP) is 4.61. The van der Waals surface area contributed by atoms with E-state index in [1.165, 1.54) is 0 Å². The van der Waals surface area contributed by atoms with Crippen molar-refractivity contribution in [3.05, 3.63) is 108 Å². The highest BCUT2D eigenvalue weighted by molar-refractivity contribution is 7.86. The zero-order valence-electron chi connectivity index (χ0n) is 14.9. The van der Waals surface area contributed by atoms with Crippen LogP contribution in [0.1, 0.15) is 28.4 Å². The number of carboxylic acid groups (broad SMARTS) is 1. The summed E-state index contributed by atoms with van der Waals surface area (Å²) < 4.78 is 13.4. The molecule has 0 aromatic heterocycles. The first-order valence-electron chi connectivity index (χ1n) is 8.93. The van der Waals surface area contributed by atoms with Gasteiger partial charge < -0.3 is 5.11 Å². The van der Waals surface area contributed by atoms with E-state index in [-0.39, 0.29) is 0 Å². The summed E-state index contributed by atoms with van der Waals surface area (Å²) in [4.78, 5) is 11.9. The Kier molecular flexibility index (Phi) is 6.55. The highest BCUT2D eigenvalue weighted by Gasteiger charge is 2.32. The molecule has 0 radical (unpaired) electrons. The van der Waals surface area contributed by atoms with Gasteiger partial charge in [-0.15, -0.1) is 0 Å². The molecule has 4 heteroatoms. The lowest BCUT2D eigenvalue weighted by Gasteiger charge is -2.22. The number of benzene rings is 3. The predicted molar refractivity (Wildman–Crippen MR) is 109 cm³/mol. The van der Waals surface area contributed by atoms with Crippen molar-refractivity contribution in [3.8, 4) is 0 Å². The molecule has 0 amide bonds. The Morgan fingerprint density at radius 1 is 0.778 bits per heavy atom. The van der Waals surface area contributed by atoms with Crippen LogP contribution in [0.4, 0.5) is 0 Å². The van der Waals surface area contributed by atoms with E-state index in [4.69, 9.17) is 0 Å². The molecule has 3 aromatic carbocycles. The van der Waals surface area contributed by atoms with Gasteiger partial charge in [0, 0.05) is 10.8 Å². The van der Waals surface area contributed by atoms with Crippen LogP contribution in [0.5, 0.6) is 0 Å². The average molecular weight is 378 g/mol. The third-order valence-electron chi connectivity index (χ3n) is 4.53. The summed E-state index contributed by atoms with van der Waals surface area (Å²) >= 11 is 0. The summed E-state index contributed by atoms with van der Waals surface area (Å²) in [5.41, 5.74) is 2.79. The largest absolute Gasteiger partial charge is 0.480 e. The Balaban J connectivity index is 1.89. The first-order chi connectivity index (χ1) is 13.2. The van der Waals surface area contributed by atoms with Crippen molar-refractivity contribution in [1.82, 2.24) is 0 Å². The van der Waals surface area contributed by atoms with Crippen LogP contribution in [0, 0.1) is 0 Å². The van der Waals surface area contributed by atoms with Gasteiger partial charge in [-0.1, -0.05) is 91.0 Å². The van der Waals surface area contributed by atoms with Crippen molar-refractivity contribution in [2.75, 3.05) is 0 Å². The Morgan fingerprint density at radius 3 is 1.67 bits per heavy atom. The van der Waals surface area contributed by atoms with Crippen LogP contribution in [0.25, 0.3) is 0 Å². The van der Waals surface area contributed by atoms with Crippen molar-refractivity contribution >= 4 is 16.8 Å². The quantitative estimate of drug-likeness (QED) is 0.623. The lowest BCUT2D eigenvalue weighted by Crippen LogP contribution is -2.30. The van der Waals surface area contributed by atoms with E-state index >= 15 is 0 Å². The van der Waals surface area contributed by atoms with Gasteiger partial charge in [-0.05, 0) is 29.5 Å². The molecule has 0 aliphatic carbocycles. The molecule has 0 saturated carbocycles. The fourth-order valence-electron chi connectivity index (χ4n) is 3.16. The van der Waals surface area contributed by atoms with Crippen molar-refractivity contribution in [3.63, 3.8) is 0 Å². The Morgan fingerprint density at radius 2 is 1.22 bits per heavy atom. The topological polar surface area (TPSA) is 54.4 Å². The Bertz CT molecular complexity index is 840. The summed E-state index contributed by atoms with van der Waals surface area (Å²) in [7, 11) is -1.60. The second kappa shape index (κ2) is 9.28. The summed E-state index contributed by atoms with van der Waals surface area (Å²) in [6, 6.07) is 28.7. The van der Waals surface area contributed by atoms with Crippen LogP contribution in [-0.2, 0) is 22.0 Å². The molecule has 0 spiro atoms. The van der Waals surface area contributed by atoms with Crippen molar-refractivity contribution in [2.24, 2.45) is 0 Å². The SMILES string of the molecule is O=C(O)C(CCc1ccccc1)S(=O)C(c1ccccc1)c1ccccc1. The first-order valence-corrected chi connectivity index (χ1v) is 10.2. The molecule has 2 atom stereocenters. The van der Waals surface area contributed by atoms with Gasteiger partial charge in [0.05, 0.1) is 5.25 Å². The van der Waals surface area contributed by atoms with E-state index in [1.807, 2.05) is 91.0 Å². The van der Waals surface area contributed by atoms with Gasteiger partial charge in [-0.25, -0.2) is 0 Å². The maximum Gasteiger partial charge on any atom is 0.319 e. The van der Waals surface area contributed by atoms with Gasteiger partial charge in [0.1, 0.15) is 5.25 Å². The van der Waals surface area contributed by atoms with Crippen LogP contribution in [0.2, 0.25) is 0 Å². The maximum atomic E-state index is 13.4. The molecule has 2 unspecified atom stereocenters. The first kappa shape index (κ1) is 19.1. The molecule has 27 heavy (non-hydrogen) atoms. The van der Waals surface area contributed by atoms with E-state index < -0.39 is 27.3 Å². The number of hydrogen-bond acceptors (Lipinski definition) is 2. The smallest absolute Gasteiger partial charge is 0.319 e. The van der Waals surface area contributed by atoms with Crippen LogP contribution >= 0.6 is 0 Å². The summed E-state index contributed by atoms with van der Waals surface area (Å²) in [5.74, 6) is -1.01. The minimum absolute atomic E-state index is 0.335. The maximum absolute atomic E-state index is 13.4. The number of aliphatic carboxylic acids is 1. The van der Waals surface area contributed by atoms with Gasteiger partial charge in [-0.2, -0.15) is 0 Å². The molecule has 0 aliphatic heterocycles. The molecule has 3 nitrogen and oxygen atoms in total. The van der Waals surface area contributed by atoms with Gasteiger partial charge >= 0.3 is 5.97 Å². The van der Waals surface area contributed by atoms with Crippen LogP contribution < -0.4 is 0 Å². The number of aryl methyl sites for hydroxylation is 1. The third kappa shape index (κ3) is 4.92. The zero-order chi connectivity index (χ0) is 19.1. The monoisotopic (exact) mass is 378 g/mol. The van der Waals surface area contributed by atoms with Gasteiger partial charge in [0.15, 0.2) is 0 Å². The highest BCUT2D eigenvalue weighted by atomic mass is 32.2. The second-order valence-electron chi connectivity index (χ2n) is 6.38. The number of carbonyl (C=O) groups is 1. The molecule has 0 fully saturated rings. The van der Waals surface area contributed by atoms with Gasteiger partial charge in [0.25, 0.3) is 0 Å². The number of rotatable bonds is 8. The minimum Gasteiger partial charge on any atom is -0.480 e. The summed E-state index contributed by atoms with van der Waals surface area (Å²) in [6.45, 7) is 0. The van der Waals surface area contributed by atoms with E-state index in [1.54, 1.807) is 0 Å². The van der Waals surface area contributed by atoms with E-state index in [2.05, 4.69) is 0 Å². The molecule has 0 bridgehead atoms. The lowest BCUT2D eigenvalue weighted by molar-refractivity contribution is -0.136. The summed E-state index contributed by atoms with van der Waals surface area (Å²) in [6.07, 6.45) is 0.919. The molecule has 1 N–H and O–H groups in total. The van der Waals surface area contributed by atoms with Crippen LogP contribution in [-0.4, -0.2) is 20.5 Å². The third-order valence-corrected chi connectivity index (χ3v) is 6.54. The van der Waals surface area contributed by atoms with Crippen molar-refractivity contribution < 1.29 is 14.1 Å².